The second-order valence-corrected chi connectivity index (χ2v) is 4.98. The summed E-state index contributed by atoms with van der Waals surface area (Å²) in [4.78, 5) is 14.1. The second kappa shape index (κ2) is 4.59. The molecule has 0 atom stereocenters. The lowest BCUT2D eigenvalue weighted by Gasteiger charge is -2.23. The molecule has 5 nitrogen and oxygen atoms in total. The van der Waals surface area contributed by atoms with Crippen molar-refractivity contribution < 1.29 is 13.6 Å². The maximum absolute atomic E-state index is 12.4. The molecule has 1 fully saturated rings. The number of carbonyl (C=O) groups is 1. The Hall–Kier alpha value is -2.01. The predicted octanol–water partition coefficient (Wildman–Crippen LogP) is 1.89. The van der Waals surface area contributed by atoms with Gasteiger partial charge in [-0.3, -0.25) is 4.79 Å². The van der Waals surface area contributed by atoms with Gasteiger partial charge in [0.1, 0.15) is 11.5 Å². The second-order valence-electron chi connectivity index (χ2n) is 4.98. The Morgan fingerprint density at radius 2 is 1.68 bits per heavy atom. The Kier molecular flexibility index (Phi) is 2.91. The van der Waals surface area contributed by atoms with Gasteiger partial charge in [-0.05, 0) is 37.1 Å². The Bertz CT molecular complexity index is 505. The van der Waals surface area contributed by atoms with Crippen LogP contribution in [0.15, 0.2) is 45.6 Å². The van der Waals surface area contributed by atoms with Crippen molar-refractivity contribution >= 4 is 5.91 Å². The number of amides is 1. The lowest BCUT2D eigenvalue weighted by atomic mass is 10.2. The first kappa shape index (κ1) is 12.0. The number of rotatable bonds is 5. The first-order valence-electron chi connectivity index (χ1n) is 6.30. The topological polar surface area (TPSA) is 72.6 Å². The summed E-state index contributed by atoms with van der Waals surface area (Å²) in [6.45, 7) is 0.816. The molecular weight excluding hydrogens is 244 g/mol. The molecule has 3 rings (SSSR count). The highest BCUT2D eigenvalue weighted by Gasteiger charge is 2.48. The van der Waals surface area contributed by atoms with Crippen LogP contribution in [-0.4, -0.2) is 16.3 Å². The third-order valence-corrected chi connectivity index (χ3v) is 3.36. The van der Waals surface area contributed by atoms with Crippen LogP contribution in [0.5, 0.6) is 0 Å². The van der Waals surface area contributed by atoms with Crippen LogP contribution in [0, 0.1) is 0 Å². The van der Waals surface area contributed by atoms with E-state index in [0.29, 0.717) is 13.1 Å². The van der Waals surface area contributed by atoms with Crippen LogP contribution < -0.4 is 5.73 Å². The fourth-order valence-corrected chi connectivity index (χ4v) is 2.04. The van der Waals surface area contributed by atoms with Crippen molar-refractivity contribution in [3.8, 4) is 0 Å². The van der Waals surface area contributed by atoms with E-state index in [1.165, 1.54) is 0 Å². The van der Waals surface area contributed by atoms with Gasteiger partial charge in [0.2, 0.25) is 5.91 Å². The van der Waals surface area contributed by atoms with Gasteiger partial charge in [0.25, 0.3) is 0 Å². The molecule has 2 aromatic rings. The summed E-state index contributed by atoms with van der Waals surface area (Å²) < 4.78 is 10.6. The first-order valence-corrected chi connectivity index (χ1v) is 6.30. The third-order valence-electron chi connectivity index (χ3n) is 3.36. The van der Waals surface area contributed by atoms with Gasteiger partial charge in [-0.2, -0.15) is 0 Å². The Labute approximate surface area is 111 Å². The van der Waals surface area contributed by atoms with E-state index in [1.54, 1.807) is 29.6 Å². The molecule has 0 bridgehead atoms. The Morgan fingerprint density at radius 3 is 2.05 bits per heavy atom. The molecule has 100 valence electrons. The van der Waals surface area contributed by atoms with Gasteiger partial charge in [-0.25, -0.2) is 0 Å². The van der Waals surface area contributed by atoms with Crippen LogP contribution in [0.4, 0.5) is 0 Å². The van der Waals surface area contributed by atoms with Gasteiger partial charge in [-0.1, -0.05) is 0 Å². The number of furan rings is 2. The van der Waals surface area contributed by atoms with Crippen molar-refractivity contribution in [2.45, 2.75) is 31.5 Å². The zero-order valence-electron chi connectivity index (χ0n) is 10.5. The molecule has 5 heteroatoms. The average Bonchev–Trinajstić information content (AvgIpc) is 2.88. The molecule has 0 aromatic carbocycles. The average molecular weight is 260 g/mol. The minimum Gasteiger partial charge on any atom is -0.467 e. The van der Waals surface area contributed by atoms with E-state index in [0.717, 1.165) is 24.4 Å². The zero-order chi connectivity index (χ0) is 13.3. The van der Waals surface area contributed by atoms with Crippen molar-refractivity contribution in [2.75, 3.05) is 0 Å². The van der Waals surface area contributed by atoms with Gasteiger partial charge in [0.05, 0.1) is 31.2 Å². The van der Waals surface area contributed by atoms with Crippen LogP contribution in [0.25, 0.3) is 0 Å². The summed E-state index contributed by atoms with van der Waals surface area (Å²) >= 11 is 0. The van der Waals surface area contributed by atoms with Gasteiger partial charge < -0.3 is 19.5 Å². The maximum Gasteiger partial charge on any atom is 0.243 e. The van der Waals surface area contributed by atoms with Crippen LogP contribution in [0.2, 0.25) is 0 Å². The molecule has 2 aromatic heterocycles. The van der Waals surface area contributed by atoms with Crippen molar-refractivity contribution in [3.05, 3.63) is 48.3 Å². The van der Waals surface area contributed by atoms with Gasteiger partial charge in [0.15, 0.2) is 0 Å². The van der Waals surface area contributed by atoms with E-state index in [-0.39, 0.29) is 5.91 Å². The molecule has 19 heavy (non-hydrogen) atoms. The fraction of sp³-hybridized carbons (Fsp3) is 0.357. The van der Waals surface area contributed by atoms with E-state index in [9.17, 15) is 4.79 Å². The smallest absolute Gasteiger partial charge is 0.243 e. The number of hydrogen-bond acceptors (Lipinski definition) is 4. The van der Waals surface area contributed by atoms with Crippen LogP contribution >= 0.6 is 0 Å². The summed E-state index contributed by atoms with van der Waals surface area (Å²) in [5.74, 6) is 1.44. The van der Waals surface area contributed by atoms with Crippen LogP contribution in [-0.2, 0) is 17.9 Å². The summed E-state index contributed by atoms with van der Waals surface area (Å²) in [6.07, 6.45) is 4.69. The summed E-state index contributed by atoms with van der Waals surface area (Å²) in [5, 5.41) is 0. The SMILES string of the molecule is NC1(C(=O)N(Cc2ccco2)Cc2ccco2)CC1. The quantitative estimate of drug-likeness (QED) is 0.891. The van der Waals surface area contributed by atoms with E-state index >= 15 is 0 Å². The highest BCUT2D eigenvalue weighted by atomic mass is 16.3. The third kappa shape index (κ3) is 2.56. The Balaban J connectivity index is 1.76. The molecule has 0 saturated heterocycles. The molecular formula is C14H16N2O3. The summed E-state index contributed by atoms with van der Waals surface area (Å²) in [6, 6.07) is 7.30. The van der Waals surface area contributed by atoms with Crippen molar-refractivity contribution in [2.24, 2.45) is 5.73 Å². The largest absolute Gasteiger partial charge is 0.467 e. The van der Waals surface area contributed by atoms with Crippen LogP contribution in [0.1, 0.15) is 24.4 Å². The normalized spacial score (nSPS) is 16.3. The summed E-state index contributed by atoms with van der Waals surface area (Å²) in [7, 11) is 0. The number of nitrogens with zero attached hydrogens (tertiary/aromatic N) is 1. The lowest BCUT2D eigenvalue weighted by Crippen LogP contribution is -2.44. The van der Waals surface area contributed by atoms with Gasteiger partial charge in [-0.15, -0.1) is 0 Å². The number of hydrogen-bond donors (Lipinski definition) is 1. The van der Waals surface area contributed by atoms with Gasteiger partial charge >= 0.3 is 0 Å². The molecule has 1 amide bonds. The molecule has 0 aliphatic heterocycles. The number of carbonyl (C=O) groups excluding carboxylic acids is 1. The Morgan fingerprint density at radius 1 is 1.16 bits per heavy atom. The van der Waals surface area contributed by atoms with Crippen molar-refractivity contribution in [1.82, 2.24) is 4.90 Å². The fourth-order valence-electron chi connectivity index (χ4n) is 2.04. The van der Waals surface area contributed by atoms with Crippen molar-refractivity contribution in [1.29, 1.82) is 0 Å². The zero-order valence-corrected chi connectivity index (χ0v) is 10.5. The lowest BCUT2D eigenvalue weighted by molar-refractivity contribution is -0.135. The molecule has 0 spiro atoms. The number of nitrogens with two attached hydrogens (primary N) is 1. The monoisotopic (exact) mass is 260 g/mol. The van der Waals surface area contributed by atoms with Gasteiger partial charge in [0, 0.05) is 0 Å². The highest BCUT2D eigenvalue weighted by molar-refractivity contribution is 5.89. The predicted molar refractivity (Wildman–Crippen MR) is 67.8 cm³/mol. The molecule has 2 heterocycles. The van der Waals surface area contributed by atoms with E-state index in [1.807, 2.05) is 12.1 Å². The van der Waals surface area contributed by atoms with Crippen LogP contribution in [0.3, 0.4) is 0 Å². The maximum atomic E-state index is 12.4. The van der Waals surface area contributed by atoms with E-state index in [4.69, 9.17) is 14.6 Å². The van der Waals surface area contributed by atoms with E-state index in [2.05, 4.69) is 0 Å². The minimum absolute atomic E-state index is 0.0414. The first-order chi connectivity index (χ1) is 9.17. The molecule has 2 N–H and O–H groups in total. The highest BCUT2D eigenvalue weighted by Crippen LogP contribution is 2.35. The molecule has 1 aliphatic rings. The van der Waals surface area contributed by atoms with Crippen molar-refractivity contribution in [3.63, 3.8) is 0 Å². The molecule has 1 aliphatic carbocycles. The summed E-state index contributed by atoms with van der Waals surface area (Å²) in [5.41, 5.74) is 5.32. The molecule has 1 saturated carbocycles. The molecule has 0 radical (unpaired) electrons. The minimum atomic E-state index is -0.681. The molecule has 0 unspecified atom stereocenters. The standard InChI is InChI=1S/C14H16N2O3/c15-14(5-6-14)13(17)16(9-11-3-1-7-18-11)10-12-4-2-8-19-12/h1-4,7-8H,5-6,9-10,15H2. The van der Waals surface area contributed by atoms with E-state index < -0.39 is 5.54 Å².